The highest BCUT2D eigenvalue weighted by atomic mass is 16.4. The van der Waals surface area contributed by atoms with Gasteiger partial charge in [0.1, 0.15) is 6.26 Å². The normalized spacial score (nSPS) is 11.5. The zero-order chi connectivity index (χ0) is 11.5. The number of nitrogens with zero attached hydrogens (tertiary/aromatic N) is 1. The van der Waals surface area contributed by atoms with Gasteiger partial charge in [-0.2, -0.15) is 4.98 Å². The van der Waals surface area contributed by atoms with Gasteiger partial charge in [-0.3, -0.25) is 10.1 Å². The van der Waals surface area contributed by atoms with E-state index in [1.165, 1.54) is 6.26 Å². The smallest absolute Gasteiger partial charge is 0.301 e. The van der Waals surface area contributed by atoms with Gasteiger partial charge in [0.15, 0.2) is 0 Å². The van der Waals surface area contributed by atoms with Gasteiger partial charge >= 0.3 is 6.01 Å². The number of aromatic nitrogens is 1. The van der Waals surface area contributed by atoms with E-state index in [9.17, 15) is 4.79 Å². The minimum Gasteiger partial charge on any atom is -0.432 e. The summed E-state index contributed by atoms with van der Waals surface area (Å²) >= 11 is 0. The lowest BCUT2D eigenvalue weighted by Crippen LogP contribution is -2.49. The number of hydrogen-bond donors (Lipinski definition) is 2. The predicted molar refractivity (Wildman–Crippen MR) is 57.6 cm³/mol. The van der Waals surface area contributed by atoms with Crippen LogP contribution in [0.1, 0.15) is 26.5 Å². The van der Waals surface area contributed by atoms with E-state index in [1.807, 2.05) is 20.8 Å². The van der Waals surface area contributed by atoms with Gasteiger partial charge in [0.2, 0.25) is 5.91 Å². The summed E-state index contributed by atoms with van der Waals surface area (Å²) < 4.78 is 5.04. The van der Waals surface area contributed by atoms with Crippen LogP contribution in [0, 0.1) is 6.92 Å². The lowest BCUT2D eigenvalue weighted by atomic mass is 10.1. The molecular weight excluding hydrogens is 194 g/mol. The molecule has 0 radical (unpaired) electrons. The van der Waals surface area contributed by atoms with Gasteiger partial charge in [0, 0.05) is 0 Å². The van der Waals surface area contributed by atoms with Crippen molar-refractivity contribution in [2.24, 2.45) is 0 Å². The average molecular weight is 211 g/mol. The van der Waals surface area contributed by atoms with Gasteiger partial charge in [0.25, 0.3) is 0 Å². The number of likely N-dealkylation sites (N-methyl/N-ethyl adjacent to an activating group) is 1. The number of oxazole rings is 1. The Balaban J connectivity index is 2.63. The molecule has 15 heavy (non-hydrogen) atoms. The summed E-state index contributed by atoms with van der Waals surface area (Å²) in [6.45, 7) is 8.09. The van der Waals surface area contributed by atoms with Crippen molar-refractivity contribution in [3.8, 4) is 0 Å². The minimum atomic E-state index is -0.628. The largest absolute Gasteiger partial charge is 0.432 e. The van der Waals surface area contributed by atoms with Gasteiger partial charge in [-0.25, -0.2) is 0 Å². The molecule has 1 amide bonds. The summed E-state index contributed by atoms with van der Waals surface area (Å²) in [5.74, 6) is -0.161. The zero-order valence-electron chi connectivity index (χ0n) is 9.55. The van der Waals surface area contributed by atoms with Crippen molar-refractivity contribution in [2.45, 2.75) is 33.2 Å². The first kappa shape index (κ1) is 11.7. The Morgan fingerprint density at radius 3 is 2.73 bits per heavy atom. The van der Waals surface area contributed by atoms with Crippen LogP contribution >= 0.6 is 0 Å². The van der Waals surface area contributed by atoms with E-state index >= 15 is 0 Å². The van der Waals surface area contributed by atoms with Crippen molar-refractivity contribution in [3.05, 3.63) is 12.0 Å². The number of aryl methyl sites for hydroxylation is 1. The van der Waals surface area contributed by atoms with Crippen LogP contribution < -0.4 is 10.6 Å². The van der Waals surface area contributed by atoms with Crippen molar-refractivity contribution in [3.63, 3.8) is 0 Å². The van der Waals surface area contributed by atoms with E-state index in [0.717, 1.165) is 12.2 Å². The second-order valence-electron chi connectivity index (χ2n) is 3.90. The first-order valence-corrected chi connectivity index (χ1v) is 4.94. The quantitative estimate of drug-likeness (QED) is 0.788. The molecule has 0 spiro atoms. The van der Waals surface area contributed by atoms with Crippen molar-refractivity contribution < 1.29 is 9.21 Å². The second kappa shape index (κ2) is 4.44. The third-order valence-electron chi connectivity index (χ3n) is 2.03. The summed E-state index contributed by atoms with van der Waals surface area (Å²) in [5.41, 5.74) is 0.114. The van der Waals surface area contributed by atoms with Crippen molar-refractivity contribution in [1.82, 2.24) is 10.3 Å². The molecule has 0 atom stereocenters. The van der Waals surface area contributed by atoms with E-state index in [2.05, 4.69) is 15.6 Å². The van der Waals surface area contributed by atoms with Crippen molar-refractivity contribution in [2.75, 3.05) is 11.9 Å². The first-order chi connectivity index (χ1) is 6.95. The van der Waals surface area contributed by atoms with Crippen molar-refractivity contribution in [1.29, 1.82) is 0 Å². The fourth-order valence-electron chi connectivity index (χ4n) is 1.19. The summed E-state index contributed by atoms with van der Waals surface area (Å²) in [6, 6.07) is 0.239. The highest BCUT2D eigenvalue weighted by molar-refractivity contribution is 5.95. The molecule has 1 heterocycles. The molecule has 0 aliphatic carbocycles. The third-order valence-corrected chi connectivity index (χ3v) is 2.03. The molecule has 1 rings (SSSR count). The molecule has 2 N–H and O–H groups in total. The molecule has 0 aliphatic rings. The zero-order valence-corrected chi connectivity index (χ0v) is 9.55. The standard InChI is InChI=1S/C10H17N3O2/c1-5-11-10(3,4)8(14)13-9-12-7(2)6-15-9/h6,11H,5H2,1-4H3,(H,12,13,14). The summed E-state index contributed by atoms with van der Waals surface area (Å²) in [4.78, 5) is 15.8. The monoisotopic (exact) mass is 211 g/mol. The van der Waals surface area contributed by atoms with Gasteiger partial charge in [-0.1, -0.05) is 6.92 Å². The maximum Gasteiger partial charge on any atom is 0.301 e. The van der Waals surface area contributed by atoms with Gasteiger partial charge in [0.05, 0.1) is 11.2 Å². The third kappa shape index (κ3) is 3.06. The van der Waals surface area contributed by atoms with E-state index < -0.39 is 5.54 Å². The molecule has 1 aromatic rings. The Morgan fingerprint density at radius 1 is 1.60 bits per heavy atom. The lowest BCUT2D eigenvalue weighted by Gasteiger charge is -2.23. The summed E-state index contributed by atoms with van der Waals surface area (Å²) in [5, 5.41) is 5.68. The van der Waals surface area contributed by atoms with Gasteiger partial charge < -0.3 is 9.73 Å². The summed E-state index contributed by atoms with van der Waals surface area (Å²) in [6.07, 6.45) is 1.50. The van der Waals surface area contributed by atoms with Crippen LogP contribution in [0.2, 0.25) is 0 Å². The topological polar surface area (TPSA) is 67.2 Å². The van der Waals surface area contributed by atoms with Gasteiger partial charge in [-0.05, 0) is 27.3 Å². The summed E-state index contributed by atoms with van der Waals surface area (Å²) in [7, 11) is 0. The molecule has 5 nitrogen and oxygen atoms in total. The number of hydrogen-bond acceptors (Lipinski definition) is 4. The number of carbonyl (C=O) groups excluding carboxylic acids is 1. The molecule has 0 saturated heterocycles. The van der Waals surface area contributed by atoms with E-state index in [-0.39, 0.29) is 11.9 Å². The first-order valence-electron chi connectivity index (χ1n) is 4.94. The molecule has 1 aromatic heterocycles. The van der Waals surface area contributed by atoms with E-state index in [0.29, 0.717) is 0 Å². The molecule has 0 unspecified atom stereocenters. The predicted octanol–water partition coefficient (Wildman–Crippen LogP) is 1.31. The molecule has 84 valence electrons. The molecule has 0 bridgehead atoms. The van der Waals surface area contributed by atoms with Gasteiger partial charge in [-0.15, -0.1) is 0 Å². The van der Waals surface area contributed by atoms with Crippen LogP contribution in [0.3, 0.4) is 0 Å². The van der Waals surface area contributed by atoms with Crippen LogP contribution in [-0.4, -0.2) is 23.0 Å². The SMILES string of the molecule is CCNC(C)(C)C(=O)Nc1nc(C)co1. The highest BCUT2D eigenvalue weighted by Gasteiger charge is 2.27. The maximum absolute atomic E-state index is 11.8. The Hall–Kier alpha value is -1.36. The number of anilines is 1. The van der Waals surface area contributed by atoms with Crippen LogP contribution in [0.15, 0.2) is 10.7 Å². The van der Waals surface area contributed by atoms with E-state index in [4.69, 9.17) is 4.42 Å². The Morgan fingerprint density at radius 2 is 2.27 bits per heavy atom. The van der Waals surface area contributed by atoms with Crippen molar-refractivity contribution >= 4 is 11.9 Å². The Bertz CT molecular complexity index is 344. The fraction of sp³-hybridized carbons (Fsp3) is 0.600. The molecule has 0 fully saturated rings. The van der Waals surface area contributed by atoms with Crippen LogP contribution in [0.5, 0.6) is 0 Å². The molecule has 0 aromatic carbocycles. The van der Waals surface area contributed by atoms with Crippen LogP contribution in [0.25, 0.3) is 0 Å². The van der Waals surface area contributed by atoms with Crippen LogP contribution in [-0.2, 0) is 4.79 Å². The van der Waals surface area contributed by atoms with E-state index in [1.54, 1.807) is 6.92 Å². The molecular formula is C10H17N3O2. The molecule has 0 saturated carbocycles. The van der Waals surface area contributed by atoms with Crippen LogP contribution in [0.4, 0.5) is 6.01 Å². The highest BCUT2D eigenvalue weighted by Crippen LogP contribution is 2.10. The fourth-order valence-corrected chi connectivity index (χ4v) is 1.19. The number of amides is 1. The Kier molecular flexibility index (Phi) is 3.47. The maximum atomic E-state index is 11.8. The average Bonchev–Trinajstić information content (AvgIpc) is 2.51. The lowest BCUT2D eigenvalue weighted by molar-refractivity contribution is -0.121. The number of rotatable bonds is 4. The Labute approximate surface area is 89.3 Å². The number of carbonyl (C=O) groups is 1. The number of nitrogens with one attached hydrogen (secondary N) is 2. The molecule has 5 heteroatoms. The second-order valence-corrected chi connectivity index (χ2v) is 3.90. The minimum absolute atomic E-state index is 0.161. The molecule has 0 aliphatic heterocycles.